The highest BCUT2D eigenvalue weighted by Crippen LogP contribution is 2.35. The van der Waals surface area contributed by atoms with E-state index in [1.165, 1.54) is 5.69 Å². The number of ketones is 1. The van der Waals surface area contributed by atoms with E-state index in [1.54, 1.807) is 13.0 Å². The molecule has 0 fully saturated rings. The molecule has 0 saturated heterocycles. The van der Waals surface area contributed by atoms with E-state index in [0.29, 0.717) is 6.42 Å². The first kappa shape index (κ1) is 19.2. The van der Waals surface area contributed by atoms with E-state index in [9.17, 15) is 4.79 Å². The van der Waals surface area contributed by atoms with Crippen molar-refractivity contribution in [2.45, 2.75) is 46.5 Å². The Hall–Kier alpha value is -2.62. The minimum Gasteiger partial charge on any atom is -0.398 e. The van der Waals surface area contributed by atoms with Crippen LogP contribution in [0.5, 0.6) is 0 Å². The van der Waals surface area contributed by atoms with Crippen molar-refractivity contribution in [1.82, 2.24) is 0 Å². The van der Waals surface area contributed by atoms with Crippen LogP contribution in [0.2, 0.25) is 0 Å². The van der Waals surface area contributed by atoms with Gasteiger partial charge in [0.05, 0.1) is 11.4 Å². The summed E-state index contributed by atoms with van der Waals surface area (Å²) >= 11 is 0. The highest BCUT2D eigenvalue weighted by Gasteiger charge is 2.23. The van der Waals surface area contributed by atoms with Gasteiger partial charge in [-0.25, -0.2) is 4.99 Å². The highest BCUT2D eigenvalue weighted by molar-refractivity contribution is 6.19. The van der Waals surface area contributed by atoms with Crippen molar-refractivity contribution in [2.75, 3.05) is 18.0 Å². The number of carbonyl (C=O) groups is 1. The number of carbonyl (C=O) groups excluding carboxylic acids is 1. The number of nitrogens with two attached hydrogens (primary N) is 1. The molecule has 1 aliphatic heterocycles. The van der Waals surface area contributed by atoms with E-state index >= 15 is 0 Å². The molecule has 0 saturated carbocycles. The molecule has 0 radical (unpaired) electrons. The molecular formula is C23H29N3O. The molecule has 2 aliphatic rings. The number of rotatable bonds is 5. The SMILES string of the molecule is CCN(CC)c1ccc2c(c1)C/C(=C/C(C)=O)C(C1=CCCCC=C1N)=N2. The Morgan fingerprint density at radius 3 is 2.67 bits per heavy atom. The largest absolute Gasteiger partial charge is 0.398 e. The smallest absolute Gasteiger partial charge is 0.152 e. The maximum absolute atomic E-state index is 11.9. The van der Waals surface area contributed by atoms with Crippen molar-refractivity contribution >= 4 is 22.9 Å². The minimum atomic E-state index is 0.0396. The third-order valence-corrected chi connectivity index (χ3v) is 5.17. The third kappa shape index (κ3) is 4.21. The van der Waals surface area contributed by atoms with Gasteiger partial charge in [-0.3, -0.25) is 4.79 Å². The predicted molar refractivity (Wildman–Crippen MR) is 114 cm³/mol. The average Bonchev–Trinajstić information content (AvgIpc) is 2.86. The molecule has 142 valence electrons. The quantitative estimate of drug-likeness (QED) is 0.776. The molecule has 0 bridgehead atoms. The molecule has 0 amide bonds. The van der Waals surface area contributed by atoms with Gasteiger partial charge in [0.15, 0.2) is 5.78 Å². The van der Waals surface area contributed by atoms with Gasteiger partial charge in [-0.2, -0.15) is 0 Å². The molecule has 0 aromatic heterocycles. The van der Waals surface area contributed by atoms with Crippen LogP contribution in [-0.4, -0.2) is 24.6 Å². The summed E-state index contributed by atoms with van der Waals surface area (Å²) in [5, 5.41) is 0. The summed E-state index contributed by atoms with van der Waals surface area (Å²) in [5.41, 5.74) is 13.2. The highest BCUT2D eigenvalue weighted by atomic mass is 16.1. The standard InChI is InChI=1S/C23H29N3O/c1-4-26(5-2)19-11-12-22-17(15-19)14-18(13-16(3)27)23(25-22)20-9-7-6-8-10-21(20)24/h9-13,15H,4-8,14,24H2,1-3H3/b18-13-. The molecular weight excluding hydrogens is 334 g/mol. The van der Waals surface area contributed by atoms with Gasteiger partial charge in [-0.05, 0) is 75.4 Å². The summed E-state index contributed by atoms with van der Waals surface area (Å²) < 4.78 is 0. The Morgan fingerprint density at radius 1 is 1.22 bits per heavy atom. The molecule has 4 nitrogen and oxygen atoms in total. The lowest BCUT2D eigenvalue weighted by Crippen LogP contribution is -2.22. The molecule has 1 aromatic carbocycles. The summed E-state index contributed by atoms with van der Waals surface area (Å²) in [6.07, 6.45) is 9.71. The molecule has 27 heavy (non-hydrogen) atoms. The number of anilines is 1. The van der Waals surface area contributed by atoms with E-state index in [-0.39, 0.29) is 5.78 Å². The van der Waals surface area contributed by atoms with Gasteiger partial charge >= 0.3 is 0 Å². The van der Waals surface area contributed by atoms with Gasteiger partial charge in [0.25, 0.3) is 0 Å². The van der Waals surface area contributed by atoms with Crippen LogP contribution in [0.4, 0.5) is 11.4 Å². The van der Waals surface area contributed by atoms with Crippen LogP contribution in [-0.2, 0) is 11.2 Å². The lowest BCUT2D eigenvalue weighted by atomic mass is 9.89. The first-order valence-corrected chi connectivity index (χ1v) is 9.88. The van der Waals surface area contributed by atoms with E-state index in [0.717, 1.165) is 66.2 Å². The maximum Gasteiger partial charge on any atom is 0.152 e. The molecule has 1 aliphatic carbocycles. The Balaban J connectivity index is 2.09. The zero-order chi connectivity index (χ0) is 19.4. The predicted octanol–water partition coefficient (Wildman–Crippen LogP) is 4.63. The summed E-state index contributed by atoms with van der Waals surface area (Å²) in [5.74, 6) is 0.0396. The summed E-state index contributed by atoms with van der Waals surface area (Å²) in [6.45, 7) is 7.84. The first-order valence-electron chi connectivity index (χ1n) is 9.88. The fraction of sp³-hybridized carbons (Fsp3) is 0.391. The van der Waals surface area contributed by atoms with Gasteiger partial charge in [0, 0.05) is 36.5 Å². The van der Waals surface area contributed by atoms with Gasteiger partial charge < -0.3 is 10.6 Å². The second-order valence-corrected chi connectivity index (χ2v) is 7.11. The number of aliphatic imine (C=N–C) groups is 1. The van der Waals surface area contributed by atoms with E-state index in [2.05, 4.69) is 49.1 Å². The lowest BCUT2D eigenvalue weighted by molar-refractivity contribution is -0.112. The Morgan fingerprint density at radius 2 is 1.96 bits per heavy atom. The minimum absolute atomic E-state index is 0.0396. The Kier molecular flexibility index (Phi) is 5.94. The van der Waals surface area contributed by atoms with Crippen LogP contribution in [0.15, 0.2) is 58.3 Å². The Bertz CT molecular complexity index is 854. The zero-order valence-electron chi connectivity index (χ0n) is 16.6. The first-order chi connectivity index (χ1) is 13.0. The second-order valence-electron chi connectivity index (χ2n) is 7.11. The number of benzene rings is 1. The molecule has 0 atom stereocenters. The van der Waals surface area contributed by atoms with Crippen molar-refractivity contribution in [2.24, 2.45) is 10.7 Å². The van der Waals surface area contributed by atoms with Crippen LogP contribution >= 0.6 is 0 Å². The van der Waals surface area contributed by atoms with Crippen molar-refractivity contribution < 1.29 is 4.79 Å². The van der Waals surface area contributed by atoms with Gasteiger partial charge in [0.2, 0.25) is 0 Å². The third-order valence-electron chi connectivity index (χ3n) is 5.17. The molecule has 1 aromatic rings. The number of fused-ring (bicyclic) bond motifs is 1. The van der Waals surface area contributed by atoms with Crippen molar-refractivity contribution in [3.05, 3.63) is 58.8 Å². The van der Waals surface area contributed by atoms with Crippen LogP contribution in [0.1, 0.15) is 45.6 Å². The van der Waals surface area contributed by atoms with E-state index in [1.807, 2.05) is 0 Å². The van der Waals surface area contributed by atoms with E-state index in [4.69, 9.17) is 10.7 Å². The fourth-order valence-electron chi connectivity index (χ4n) is 3.77. The second kappa shape index (κ2) is 8.38. The number of allylic oxidation sites excluding steroid dienone is 5. The lowest BCUT2D eigenvalue weighted by Gasteiger charge is -2.25. The molecule has 4 heteroatoms. The topological polar surface area (TPSA) is 58.7 Å². The summed E-state index contributed by atoms with van der Waals surface area (Å²) in [4.78, 5) is 19.1. The molecule has 1 heterocycles. The number of hydrogen-bond donors (Lipinski definition) is 1. The average molecular weight is 364 g/mol. The zero-order valence-corrected chi connectivity index (χ0v) is 16.6. The van der Waals surface area contributed by atoms with Gasteiger partial charge in [-0.15, -0.1) is 0 Å². The summed E-state index contributed by atoms with van der Waals surface area (Å²) in [7, 11) is 0. The molecule has 0 spiro atoms. The van der Waals surface area contributed by atoms with Crippen LogP contribution in [0.25, 0.3) is 0 Å². The van der Waals surface area contributed by atoms with Crippen LogP contribution in [0, 0.1) is 0 Å². The van der Waals surface area contributed by atoms with Crippen molar-refractivity contribution in [3.8, 4) is 0 Å². The van der Waals surface area contributed by atoms with Crippen molar-refractivity contribution in [3.63, 3.8) is 0 Å². The van der Waals surface area contributed by atoms with Gasteiger partial charge in [-0.1, -0.05) is 12.2 Å². The number of hydrogen-bond acceptors (Lipinski definition) is 4. The van der Waals surface area contributed by atoms with Crippen molar-refractivity contribution in [1.29, 1.82) is 0 Å². The van der Waals surface area contributed by atoms with Crippen LogP contribution in [0.3, 0.4) is 0 Å². The fourth-order valence-corrected chi connectivity index (χ4v) is 3.77. The molecule has 2 N–H and O–H groups in total. The Labute approximate surface area is 162 Å². The number of nitrogens with zero attached hydrogens (tertiary/aromatic N) is 2. The summed E-state index contributed by atoms with van der Waals surface area (Å²) in [6, 6.07) is 6.43. The molecule has 0 unspecified atom stereocenters. The maximum atomic E-state index is 11.9. The van der Waals surface area contributed by atoms with Gasteiger partial charge in [0.1, 0.15) is 0 Å². The normalized spacial score (nSPS) is 18.2. The monoisotopic (exact) mass is 363 g/mol. The van der Waals surface area contributed by atoms with E-state index < -0.39 is 0 Å². The van der Waals surface area contributed by atoms with Crippen LogP contribution < -0.4 is 10.6 Å². The molecule has 3 rings (SSSR count).